The summed E-state index contributed by atoms with van der Waals surface area (Å²) in [5, 5.41) is 6.28. The van der Waals surface area contributed by atoms with Crippen LogP contribution in [0.15, 0.2) is 159 Å². The first kappa shape index (κ1) is 33.5. The number of benzene rings is 6. The number of fused-ring (bicyclic) bond motifs is 2. The van der Waals surface area contributed by atoms with Crippen molar-refractivity contribution in [2.75, 3.05) is 0 Å². The molecular weight excluding hydrogens is 745 g/mol. The van der Waals surface area contributed by atoms with Crippen LogP contribution in [-0.2, 0) is 0 Å². The van der Waals surface area contributed by atoms with Crippen molar-refractivity contribution in [1.29, 1.82) is 0 Å². The Bertz CT molecular complexity index is 3450. The van der Waals surface area contributed by atoms with Crippen LogP contribution in [0.3, 0.4) is 0 Å². The highest BCUT2D eigenvalue weighted by atomic mass is 15.1. The van der Waals surface area contributed by atoms with Gasteiger partial charge in [0.25, 0.3) is 0 Å². The maximum atomic E-state index is 5.19. The van der Waals surface area contributed by atoms with E-state index in [0.717, 1.165) is 65.6 Å². The molecule has 0 unspecified atom stereocenters. The first-order chi connectivity index (χ1) is 29.7. The molecule has 0 amide bonds. The fraction of sp³-hybridized carbons (Fsp3) is 0. The van der Waals surface area contributed by atoms with Crippen molar-refractivity contribution in [2.24, 2.45) is 0 Å². The molecule has 6 aromatic carbocycles. The summed E-state index contributed by atoms with van der Waals surface area (Å²) in [6.07, 6.45) is 10.2. The van der Waals surface area contributed by atoms with E-state index < -0.39 is 0 Å². The topological polar surface area (TPSA) is 155 Å². The van der Waals surface area contributed by atoms with Gasteiger partial charge in [-0.25, -0.2) is 29.9 Å². The van der Waals surface area contributed by atoms with Gasteiger partial charge in [0, 0.05) is 59.4 Å². The van der Waals surface area contributed by atoms with Gasteiger partial charge in [0.15, 0.2) is 34.9 Å². The summed E-state index contributed by atoms with van der Waals surface area (Å²) in [6, 6.07) is 40.0. The van der Waals surface area contributed by atoms with Gasteiger partial charge in [-0.2, -0.15) is 0 Å². The van der Waals surface area contributed by atoms with Gasteiger partial charge in [-0.05, 0) is 93.0 Å². The molecule has 0 atom stereocenters. The van der Waals surface area contributed by atoms with Crippen LogP contribution in [0.25, 0.3) is 123 Å². The average Bonchev–Trinajstić information content (AvgIpc) is 3.33. The Morgan fingerprint density at radius 1 is 0.267 bits per heavy atom. The third kappa shape index (κ3) is 5.46. The average molecular weight is 771 g/mol. The maximum Gasteiger partial charge on any atom is 0.182 e. The standard InChI is InChI=1S/C48H26N12/c1-3-21-49-37(9-1)47-58-44(59-48(60-47)38-10-2-4-22-50-38)32-20-16-28-13-17-29-31(19-15-27-14-18-30(32)40(28)39(27)29)43-55-45(33-7-5-11-35-41(33)53-25-23-51-35)57-46(56-43)34-8-6-12-36-42(34)54-26-24-52-36/h1-26H. The summed E-state index contributed by atoms with van der Waals surface area (Å²) in [4.78, 5) is 57.9. The third-order valence-electron chi connectivity index (χ3n) is 10.7. The van der Waals surface area contributed by atoms with Gasteiger partial charge in [0.2, 0.25) is 0 Å². The van der Waals surface area contributed by atoms with Gasteiger partial charge in [-0.1, -0.05) is 60.7 Å². The van der Waals surface area contributed by atoms with Crippen LogP contribution in [-0.4, -0.2) is 59.8 Å². The van der Waals surface area contributed by atoms with E-state index in [-0.39, 0.29) is 0 Å². The van der Waals surface area contributed by atoms with Gasteiger partial charge in [0.05, 0.1) is 22.1 Å². The van der Waals surface area contributed by atoms with Crippen LogP contribution in [0.1, 0.15) is 0 Å². The molecule has 0 bridgehead atoms. The highest BCUT2D eigenvalue weighted by Crippen LogP contribution is 2.42. The Morgan fingerprint density at radius 3 is 1.15 bits per heavy atom. The number of pyridine rings is 2. The van der Waals surface area contributed by atoms with Gasteiger partial charge in [-0.15, -0.1) is 0 Å². The molecule has 0 N–H and O–H groups in total. The first-order valence-corrected chi connectivity index (χ1v) is 19.2. The molecule has 0 radical (unpaired) electrons. The number of aromatic nitrogens is 12. The van der Waals surface area contributed by atoms with Gasteiger partial charge < -0.3 is 0 Å². The van der Waals surface area contributed by atoms with Crippen LogP contribution in [0.4, 0.5) is 0 Å². The van der Waals surface area contributed by atoms with Crippen molar-refractivity contribution in [3.8, 4) is 68.6 Å². The Kier molecular flexibility index (Phi) is 7.53. The molecular formula is C48H26N12. The van der Waals surface area contributed by atoms with E-state index in [2.05, 4.69) is 78.4 Å². The Hall–Kier alpha value is -8.64. The highest BCUT2D eigenvalue weighted by Gasteiger charge is 2.22. The second-order valence-corrected chi connectivity index (χ2v) is 14.2. The van der Waals surface area contributed by atoms with E-state index in [1.807, 2.05) is 72.8 Å². The van der Waals surface area contributed by atoms with Gasteiger partial charge >= 0.3 is 0 Å². The van der Waals surface area contributed by atoms with Crippen molar-refractivity contribution >= 4 is 54.4 Å². The number of para-hydroxylation sites is 2. The molecule has 6 heterocycles. The summed E-state index contributed by atoms with van der Waals surface area (Å²) in [5.74, 6) is 2.89. The lowest BCUT2D eigenvalue weighted by molar-refractivity contribution is 1.05. The fourth-order valence-corrected chi connectivity index (χ4v) is 7.99. The number of hydrogen-bond acceptors (Lipinski definition) is 12. The Morgan fingerprint density at radius 2 is 0.683 bits per heavy atom. The highest BCUT2D eigenvalue weighted by molar-refractivity contribution is 6.27. The summed E-state index contributed by atoms with van der Waals surface area (Å²) in [7, 11) is 0. The van der Waals surface area contributed by atoms with E-state index in [9.17, 15) is 0 Å². The normalized spacial score (nSPS) is 11.7. The minimum Gasteiger partial charge on any atom is -0.253 e. The van der Waals surface area contributed by atoms with Crippen molar-refractivity contribution in [1.82, 2.24) is 59.8 Å². The molecule has 278 valence electrons. The zero-order valence-electron chi connectivity index (χ0n) is 31.4. The van der Waals surface area contributed by atoms with E-state index in [1.165, 1.54) is 0 Å². The molecule has 0 saturated heterocycles. The van der Waals surface area contributed by atoms with E-state index >= 15 is 0 Å². The van der Waals surface area contributed by atoms with E-state index in [4.69, 9.17) is 29.9 Å². The molecule has 6 aromatic heterocycles. The molecule has 12 aromatic rings. The molecule has 0 spiro atoms. The SMILES string of the molecule is c1ccc(-c2nc(-c3ccccn3)nc(-c3ccc4ccc5c(-c6nc(-c7cccc8nccnc78)nc(-c7cccc8nccnc78)n6)ccc6ccc3c4c65)n2)nc1. The monoisotopic (exact) mass is 770 g/mol. The van der Waals surface area contributed by atoms with Gasteiger partial charge in [0.1, 0.15) is 11.4 Å². The molecule has 12 rings (SSSR count). The molecule has 12 heteroatoms. The summed E-state index contributed by atoms with van der Waals surface area (Å²) >= 11 is 0. The number of nitrogens with zero attached hydrogens (tertiary/aromatic N) is 12. The van der Waals surface area contributed by atoms with Crippen molar-refractivity contribution < 1.29 is 0 Å². The largest absolute Gasteiger partial charge is 0.253 e. The van der Waals surface area contributed by atoms with E-state index in [1.54, 1.807) is 37.2 Å². The van der Waals surface area contributed by atoms with Crippen molar-refractivity contribution in [2.45, 2.75) is 0 Å². The minimum atomic E-state index is 0.463. The Balaban J connectivity index is 1.10. The molecule has 0 aliphatic heterocycles. The number of hydrogen-bond donors (Lipinski definition) is 0. The molecule has 0 fully saturated rings. The van der Waals surface area contributed by atoms with Gasteiger partial charge in [-0.3, -0.25) is 29.9 Å². The predicted molar refractivity (Wildman–Crippen MR) is 231 cm³/mol. The zero-order valence-corrected chi connectivity index (χ0v) is 31.4. The summed E-state index contributed by atoms with van der Waals surface area (Å²) in [5.41, 5.74) is 7.34. The van der Waals surface area contributed by atoms with E-state index in [0.29, 0.717) is 57.4 Å². The second kappa shape index (κ2) is 13.5. The van der Waals surface area contributed by atoms with Crippen LogP contribution in [0.2, 0.25) is 0 Å². The number of rotatable bonds is 6. The summed E-state index contributed by atoms with van der Waals surface area (Å²) < 4.78 is 0. The lowest BCUT2D eigenvalue weighted by atomic mass is 9.89. The quantitative estimate of drug-likeness (QED) is 0.148. The minimum absolute atomic E-state index is 0.463. The van der Waals surface area contributed by atoms with Crippen LogP contribution >= 0.6 is 0 Å². The Labute approximate surface area is 340 Å². The molecule has 0 aliphatic rings. The lowest BCUT2D eigenvalue weighted by Gasteiger charge is -2.16. The maximum absolute atomic E-state index is 5.19. The van der Waals surface area contributed by atoms with Crippen LogP contribution in [0, 0.1) is 0 Å². The summed E-state index contributed by atoms with van der Waals surface area (Å²) in [6.45, 7) is 0. The molecule has 0 aliphatic carbocycles. The second-order valence-electron chi connectivity index (χ2n) is 14.2. The first-order valence-electron chi connectivity index (χ1n) is 19.2. The predicted octanol–water partition coefficient (Wildman–Crippen LogP) is 9.63. The fourth-order valence-electron chi connectivity index (χ4n) is 7.99. The van der Waals surface area contributed by atoms with Crippen molar-refractivity contribution in [3.63, 3.8) is 0 Å². The zero-order chi connectivity index (χ0) is 39.6. The molecule has 0 saturated carbocycles. The van der Waals surface area contributed by atoms with Crippen LogP contribution in [0.5, 0.6) is 0 Å². The molecule has 60 heavy (non-hydrogen) atoms. The van der Waals surface area contributed by atoms with Crippen molar-refractivity contribution in [3.05, 3.63) is 159 Å². The third-order valence-corrected chi connectivity index (χ3v) is 10.7. The smallest absolute Gasteiger partial charge is 0.182 e. The molecule has 12 nitrogen and oxygen atoms in total. The lowest BCUT2D eigenvalue weighted by Crippen LogP contribution is -2.03. The van der Waals surface area contributed by atoms with Crippen LogP contribution < -0.4 is 0 Å².